The Morgan fingerprint density at radius 2 is 2.00 bits per heavy atom. The van der Waals surface area contributed by atoms with E-state index in [9.17, 15) is 0 Å². The highest BCUT2D eigenvalue weighted by Gasteiger charge is 2.08. The molecule has 0 atom stereocenters. The van der Waals surface area contributed by atoms with Crippen LogP contribution in [0.15, 0.2) is 52.6 Å². The molecule has 78 valence electrons. The van der Waals surface area contributed by atoms with Crippen LogP contribution in [0.5, 0.6) is 0 Å². The first-order valence-corrected chi connectivity index (χ1v) is 5.72. The van der Waals surface area contributed by atoms with Gasteiger partial charge in [0.15, 0.2) is 5.76 Å². The summed E-state index contributed by atoms with van der Waals surface area (Å²) >= 11 is 1.64. The smallest absolute Gasteiger partial charge is 0.177 e. The summed E-state index contributed by atoms with van der Waals surface area (Å²) in [6.45, 7) is 0. The van der Waals surface area contributed by atoms with Crippen molar-refractivity contribution >= 4 is 11.3 Å². The van der Waals surface area contributed by atoms with Crippen LogP contribution in [0, 0.1) is 0 Å². The molecule has 0 saturated carbocycles. The fraction of sp³-hybridized carbons (Fsp3) is 0. The third-order valence-electron chi connectivity index (χ3n) is 2.25. The van der Waals surface area contributed by atoms with Crippen molar-refractivity contribution in [3.8, 4) is 21.9 Å². The van der Waals surface area contributed by atoms with E-state index < -0.39 is 0 Å². The molecule has 0 amide bonds. The van der Waals surface area contributed by atoms with Crippen molar-refractivity contribution in [1.82, 2.24) is 10.1 Å². The van der Waals surface area contributed by atoms with Crippen LogP contribution in [0.25, 0.3) is 21.9 Å². The van der Waals surface area contributed by atoms with E-state index in [0.29, 0.717) is 0 Å². The molecule has 3 heterocycles. The molecule has 4 heteroatoms. The molecule has 0 aliphatic heterocycles. The molecule has 16 heavy (non-hydrogen) atoms. The molecule has 3 aromatic heterocycles. The normalized spacial score (nSPS) is 10.5. The second kappa shape index (κ2) is 3.90. The Balaban J connectivity index is 2.00. The molecule has 0 N–H and O–H groups in total. The Labute approximate surface area is 96.4 Å². The number of rotatable bonds is 2. The molecule has 0 spiro atoms. The van der Waals surface area contributed by atoms with E-state index in [0.717, 1.165) is 21.9 Å². The zero-order valence-corrected chi connectivity index (χ0v) is 9.15. The van der Waals surface area contributed by atoms with Crippen molar-refractivity contribution in [2.45, 2.75) is 0 Å². The summed E-state index contributed by atoms with van der Waals surface area (Å²) < 4.78 is 5.30. The number of thiophene rings is 1. The van der Waals surface area contributed by atoms with E-state index in [-0.39, 0.29) is 0 Å². The molecule has 0 fully saturated rings. The standard InChI is InChI=1S/C12H8N2OS/c1-2-12(16-7-1)11-8-10(14-15-11)9-3-5-13-6-4-9/h1-8H. The Morgan fingerprint density at radius 3 is 2.75 bits per heavy atom. The van der Waals surface area contributed by atoms with E-state index in [1.54, 1.807) is 23.7 Å². The molecule has 3 aromatic rings. The Morgan fingerprint density at radius 1 is 1.12 bits per heavy atom. The van der Waals surface area contributed by atoms with Crippen LogP contribution in [-0.2, 0) is 0 Å². The molecular formula is C12H8N2OS. The number of aromatic nitrogens is 2. The zero-order chi connectivity index (χ0) is 10.8. The fourth-order valence-corrected chi connectivity index (χ4v) is 2.14. The summed E-state index contributed by atoms with van der Waals surface area (Å²) in [5.74, 6) is 0.807. The highest BCUT2D eigenvalue weighted by Crippen LogP contribution is 2.28. The highest BCUT2D eigenvalue weighted by molar-refractivity contribution is 7.13. The lowest BCUT2D eigenvalue weighted by atomic mass is 10.2. The van der Waals surface area contributed by atoms with Gasteiger partial charge in [0.25, 0.3) is 0 Å². The maximum atomic E-state index is 5.30. The molecule has 0 aliphatic rings. The number of pyridine rings is 1. The largest absolute Gasteiger partial charge is 0.355 e. The van der Waals surface area contributed by atoms with Crippen molar-refractivity contribution in [2.75, 3.05) is 0 Å². The highest BCUT2D eigenvalue weighted by atomic mass is 32.1. The van der Waals surface area contributed by atoms with Gasteiger partial charge in [-0.25, -0.2) is 0 Å². The van der Waals surface area contributed by atoms with Crippen LogP contribution >= 0.6 is 11.3 Å². The molecule has 0 saturated heterocycles. The lowest BCUT2D eigenvalue weighted by Gasteiger charge is -1.90. The second-order valence-corrected chi connectivity index (χ2v) is 4.24. The monoisotopic (exact) mass is 228 g/mol. The topological polar surface area (TPSA) is 38.9 Å². The van der Waals surface area contributed by atoms with Gasteiger partial charge in [0.2, 0.25) is 0 Å². The van der Waals surface area contributed by atoms with Gasteiger partial charge in [-0.15, -0.1) is 11.3 Å². The van der Waals surface area contributed by atoms with Gasteiger partial charge < -0.3 is 4.52 Å². The van der Waals surface area contributed by atoms with E-state index in [2.05, 4.69) is 10.1 Å². The maximum Gasteiger partial charge on any atom is 0.177 e. The van der Waals surface area contributed by atoms with Gasteiger partial charge in [0.1, 0.15) is 5.69 Å². The number of nitrogens with zero attached hydrogens (tertiary/aromatic N) is 2. The minimum atomic E-state index is 0.807. The van der Waals surface area contributed by atoms with Crippen LogP contribution in [-0.4, -0.2) is 10.1 Å². The average molecular weight is 228 g/mol. The van der Waals surface area contributed by atoms with E-state index >= 15 is 0 Å². The number of hydrogen-bond donors (Lipinski definition) is 0. The molecule has 3 rings (SSSR count). The summed E-state index contributed by atoms with van der Waals surface area (Å²) in [4.78, 5) is 5.06. The first kappa shape index (κ1) is 9.30. The summed E-state index contributed by atoms with van der Waals surface area (Å²) in [7, 11) is 0. The van der Waals surface area contributed by atoms with E-state index in [1.165, 1.54) is 0 Å². The van der Waals surface area contributed by atoms with Gasteiger partial charge in [-0.05, 0) is 23.6 Å². The SMILES string of the molecule is c1csc(-c2cc(-c3ccncc3)no2)c1. The third-order valence-corrected chi connectivity index (χ3v) is 3.13. The number of hydrogen-bond acceptors (Lipinski definition) is 4. The fourth-order valence-electron chi connectivity index (χ4n) is 1.47. The summed E-state index contributed by atoms with van der Waals surface area (Å²) in [6.07, 6.45) is 3.49. The molecule has 0 radical (unpaired) electrons. The van der Waals surface area contributed by atoms with Gasteiger partial charge >= 0.3 is 0 Å². The van der Waals surface area contributed by atoms with Crippen molar-refractivity contribution in [2.24, 2.45) is 0 Å². The summed E-state index contributed by atoms with van der Waals surface area (Å²) in [5, 5.41) is 6.06. The van der Waals surface area contributed by atoms with Crippen molar-refractivity contribution in [1.29, 1.82) is 0 Å². The predicted molar refractivity (Wildman–Crippen MR) is 63.0 cm³/mol. The first-order valence-electron chi connectivity index (χ1n) is 4.84. The molecule has 0 bridgehead atoms. The van der Waals surface area contributed by atoms with Crippen molar-refractivity contribution in [3.05, 3.63) is 48.1 Å². The van der Waals surface area contributed by atoms with Crippen LogP contribution in [0.3, 0.4) is 0 Å². The van der Waals surface area contributed by atoms with Crippen molar-refractivity contribution < 1.29 is 4.52 Å². The molecule has 3 nitrogen and oxygen atoms in total. The Hall–Kier alpha value is -1.94. The van der Waals surface area contributed by atoms with Crippen LogP contribution in [0.4, 0.5) is 0 Å². The average Bonchev–Trinajstić information content (AvgIpc) is 3.01. The van der Waals surface area contributed by atoms with Gasteiger partial charge in [-0.2, -0.15) is 0 Å². The van der Waals surface area contributed by atoms with E-state index in [4.69, 9.17) is 4.52 Å². The molecule has 0 unspecified atom stereocenters. The van der Waals surface area contributed by atoms with Crippen molar-refractivity contribution in [3.63, 3.8) is 0 Å². The third kappa shape index (κ3) is 1.63. The summed E-state index contributed by atoms with van der Waals surface area (Å²) in [5.41, 5.74) is 1.85. The minimum absolute atomic E-state index is 0.807. The Kier molecular flexibility index (Phi) is 2.27. The molecule has 0 aromatic carbocycles. The van der Waals surface area contributed by atoms with Gasteiger partial charge in [0, 0.05) is 24.0 Å². The van der Waals surface area contributed by atoms with Crippen LogP contribution < -0.4 is 0 Å². The zero-order valence-electron chi connectivity index (χ0n) is 8.33. The minimum Gasteiger partial charge on any atom is -0.355 e. The van der Waals surface area contributed by atoms with Gasteiger partial charge in [0.05, 0.1) is 4.88 Å². The Bertz CT molecular complexity index is 572. The lowest BCUT2D eigenvalue weighted by molar-refractivity contribution is 0.436. The lowest BCUT2D eigenvalue weighted by Crippen LogP contribution is -1.76. The van der Waals surface area contributed by atoms with Crippen LogP contribution in [0.2, 0.25) is 0 Å². The maximum absolute atomic E-state index is 5.30. The van der Waals surface area contributed by atoms with Gasteiger partial charge in [-0.3, -0.25) is 4.98 Å². The van der Waals surface area contributed by atoms with Crippen LogP contribution in [0.1, 0.15) is 0 Å². The molecular weight excluding hydrogens is 220 g/mol. The predicted octanol–water partition coefficient (Wildman–Crippen LogP) is 3.47. The van der Waals surface area contributed by atoms with Gasteiger partial charge in [-0.1, -0.05) is 11.2 Å². The van der Waals surface area contributed by atoms with E-state index in [1.807, 2.05) is 35.7 Å². The first-order chi connectivity index (χ1) is 7.93. The second-order valence-electron chi connectivity index (χ2n) is 3.29. The summed E-state index contributed by atoms with van der Waals surface area (Å²) in [6, 6.07) is 9.78. The molecule has 0 aliphatic carbocycles. The quantitative estimate of drug-likeness (QED) is 0.674.